The maximum atomic E-state index is 13.5. The molecule has 0 amide bonds. The molecule has 1 unspecified atom stereocenters. The van der Waals surface area contributed by atoms with Gasteiger partial charge in [-0.05, 0) is 51.8 Å². The number of rotatable bonds is 5. The molecule has 1 aliphatic rings. The van der Waals surface area contributed by atoms with Gasteiger partial charge in [0.1, 0.15) is 40.6 Å². The van der Waals surface area contributed by atoms with E-state index in [2.05, 4.69) is 0 Å². The van der Waals surface area contributed by atoms with Crippen molar-refractivity contribution in [3.63, 3.8) is 0 Å². The van der Waals surface area contributed by atoms with Crippen molar-refractivity contribution in [3.05, 3.63) is 63.5 Å². The zero-order valence-corrected chi connectivity index (χ0v) is 19.0. The highest BCUT2D eigenvalue weighted by molar-refractivity contribution is 5.93. The summed E-state index contributed by atoms with van der Waals surface area (Å²) in [6.45, 7) is 7.29. The first-order valence-corrected chi connectivity index (χ1v) is 10.6. The minimum absolute atomic E-state index is 0.134. The van der Waals surface area contributed by atoms with Gasteiger partial charge in [0.05, 0.1) is 18.3 Å². The van der Waals surface area contributed by atoms with Gasteiger partial charge in [-0.25, -0.2) is 0 Å². The number of hydrogen-bond donors (Lipinski definition) is 2. The van der Waals surface area contributed by atoms with Gasteiger partial charge in [-0.3, -0.25) is 4.79 Å². The van der Waals surface area contributed by atoms with Gasteiger partial charge in [-0.15, -0.1) is 0 Å². The molecule has 1 atom stereocenters. The van der Waals surface area contributed by atoms with Gasteiger partial charge in [0.25, 0.3) is 0 Å². The standard InChI is InChI=1S/C26H28O6/c1-14(2)6-11-17-22(27)21-23(28)19(15-7-9-16(30-5)10-8-15)13-31-25(21)18-12-20(26(3,4)29)32-24(17)18/h6-10,13,20,27,29H,11-12H2,1-5H3. The van der Waals surface area contributed by atoms with Gasteiger partial charge in [0, 0.05) is 17.5 Å². The SMILES string of the molecule is COc1ccc(-c2coc3c4c(c(CC=C(C)C)c(O)c3c2=O)OC(C(C)(C)O)C4)cc1. The minimum Gasteiger partial charge on any atom is -0.507 e. The summed E-state index contributed by atoms with van der Waals surface area (Å²) in [5.74, 6) is 1.02. The number of aliphatic hydroxyl groups is 1. The molecule has 6 heteroatoms. The normalized spacial score (nSPS) is 15.4. The van der Waals surface area contributed by atoms with Crippen LogP contribution >= 0.6 is 0 Å². The second kappa shape index (κ2) is 8.02. The summed E-state index contributed by atoms with van der Waals surface area (Å²) in [4.78, 5) is 13.5. The summed E-state index contributed by atoms with van der Waals surface area (Å²) in [6.07, 6.45) is 3.65. The number of ether oxygens (including phenoxy) is 2. The molecule has 2 N–H and O–H groups in total. The molecule has 0 fully saturated rings. The molecule has 0 aliphatic carbocycles. The van der Waals surface area contributed by atoms with Crippen molar-refractivity contribution in [2.24, 2.45) is 0 Å². The Bertz CT molecular complexity index is 1250. The van der Waals surface area contributed by atoms with Crippen LogP contribution in [0.25, 0.3) is 22.1 Å². The van der Waals surface area contributed by atoms with Crippen LogP contribution < -0.4 is 14.9 Å². The molecular weight excluding hydrogens is 408 g/mol. The van der Waals surface area contributed by atoms with Gasteiger partial charge in [-0.2, -0.15) is 0 Å². The van der Waals surface area contributed by atoms with Crippen molar-refractivity contribution in [1.82, 2.24) is 0 Å². The topological polar surface area (TPSA) is 89.1 Å². The lowest BCUT2D eigenvalue weighted by Gasteiger charge is -2.24. The van der Waals surface area contributed by atoms with Crippen LogP contribution in [-0.2, 0) is 12.8 Å². The zero-order chi connectivity index (χ0) is 23.2. The number of aromatic hydroxyl groups is 1. The Morgan fingerprint density at radius 1 is 1.25 bits per heavy atom. The molecule has 1 aliphatic heterocycles. The monoisotopic (exact) mass is 436 g/mol. The van der Waals surface area contributed by atoms with E-state index in [1.807, 2.05) is 19.9 Å². The molecule has 0 spiro atoms. The Balaban J connectivity index is 1.96. The van der Waals surface area contributed by atoms with E-state index in [1.165, 1.54) is 6.26 Å². The smallest absolute Gasteiger partial charge is 0.204 e. The van der Waals surface area contributed by atoms with Crippen molar-refractivity contribution in [2.45, 2.75) is 52.2 Å². The predicted octanol–water partition coefficient (Wildman–Crippen LogP) is 4.76. The molecule has 1 aromatic heterocycles. The lowest BCUT2D eigenvalue weighted by atomic mass is 9.93. The average molecular weight is 437 g/mol. The number of methoxy groups -OCH3 is 1. The first-order chi connectivity index (χ1) is 15.1. The zero-order valence-electron chi connectivity index (χ0n) is 19.0. The van der Waals surface area contributed by atoms with Crippen LogP contribution in [0, 0.1) is 0 Å². The summed E-state index contributed by atoms with van der Waals surface area (Å²) < 4.78 is 17.2. The average Bonchev–Trinajstić information content (AvgIpc) is 3.19. The third kappa shape index (κ3) is 3.75. The second-order valence-corrected chi connectivity index (χ2v) is 9.00. The van der Waals surface area contributed by atoms with Crippen molar-refractivity contribution in [1.29, 1.82) is 0 Å². The first kappa shape index (κ1) is 22.0. The fourth-order valence-corrected chi connectivity index (χ4v) is 4.01. The molecular formula is C26H28O6. The summed E-state index contributed by atoms with van der Waals surface area (Å²) >= 11 is 0. The number of allylic oxidation sites excluding steroid dienone is 2. The van der Waals surface area contributed by atoms with Crippen LogP contribution in [-0.4, -0.2) is 29.0 Å². The second-order valence-electron chi connectivity index (χ2n) is 9.00. The van der Waals surface area contributed by atoms with E-state index in [1.54, 1.807) is 45.2 Å². The number of phenolic OH excluding ortho intramolecular Hbond substituents is 1. The number of phenols is 1. The fraction of sp³-hybridized carbons (Fsp3) is 0.346. The van der Waals surface area contributed by atoms with Gasteiger partial charge < -0.3 is 24.1 Å². The van der Waals surface area contributed by atoms with Crippen LogP contribution in [0.4, 0.5) is 0 Å². The van der Waals surface area contributed by atoms with Crippen LogP contribution in [0.2, 0.25) is 0 Å². The van der Waals surface area contributed by atoms with E-state index in [0.717, 1.165) is 5.57 Å². The maximum absolute atomic E-state index is 13.5. The lowest BCUT2D eigenvalue weighted by molar-refractivity contribution is -0.0232. The van der Waals surface area contributed by atoms with Gasteiger partial charge >= 0.3 is 0 Å². The van der Waals surface area contributed by atoms with Gasteiger partial charge in [-0.1, -0.05) is 23.8 Å². The predicted molar refractivity (Wildman–Crippen MR) is 124 cm³/mol. The summed E-state index contributed by atoms with van der Waals surface area (Å²) in [6, 6.07) is 7.09. The highest BCUT2D eigenvalue weighted by Crippen LogP contribution is 2.46. The summed E-state index contributed by atoms with van der Waals surface area (Å²) in [5.41, 5.74) is 2.20. The number of benzene rings is 2. The molecule has 0 radical (unpaired) electrons. The molecule has 2 aromatic carbocycles. The maximum Gasteiger partial charge on any atom is 0.204 e. The van der Waals surface area contributed by atoms with Crippen molar-refractivity contribution in [3.8, 4) is 28.4 Å². The minimum atomic E-state index is -1.10. The molecule has 168 valence electrons. The van der Waals surface area contributed by atoms with E-state index in [0.29, 0.717) is 52.2 Å². The highest BCUT2D eigenvalue weighted by Gasteiger charge is 2.39. The molecule has 0 saturated carbocycles. The van der Waals surface area contributed by atoms with Crippen LogP contribution in [0.5, 0.6) is 17.2 Å². The van der Waals surface area contributed by atoms with Gasteiger partial charge in [0.2, 0.25) is 5.43 Å². The lowest BCUT2D eigenvalue weighted by Crippen LogP contribution is -2.39. The third-order valence-electron chi connectivity index (χ3n) is 5.89. The first-order valence-electron chi connectivity index (χ1n) is 10.6. The molecule has 32 heavy (non-hydrogen) atoms. The van der Waals surface area contributed by atoms with Crippen molar-refractivity contribution in [2.75, 3.05) is 7.11 Å². The largest absolute Gasteiger partial charge is 0.507 e. The van der Waals surface area contributed by atoms with Crippen LogP contribution in [0.15, 0.2) is 51.4 Å². The Kier molecular flexibility index (Phi) is 5.51. The Morgan fingerprint density at radius 2 is 1.94 bits per heavy atom. The fourth-order valence-electron chi connectivity index (χ4n) is 4.01. The Hall–Kier alpha value is -3.25. The number of fused-ring (bicyclic) bond motifs is 3. The third-order valence-corrected chi connectivity index (χ3v) is 5.89. The van der Waals surface area contributed by atoms with E-state index >= 15 is 0 Å². The molecule has 0 bridgehead atoms. The molecule has 4 rings (SSSR count). The van der Waals surface area contributed by atoms with E-state index in [-0.39, 0.29) is 16.6 Å². The Morgan fingerprint density at radius 3 is 2.53 bits per heavy atom. The van der Waals surface area contributed by atoms with E-state index in [4.69, 9.17) is 13.9 Å². The van der Waals surface area contributed by atoms with Crippen LogP contribution in [0.1, 0.15) is 38.8 Å². The van der Waals surface area contributed by atoms with E-state index < -0.39 is 11.7 Å². The Labute approximate surface area is 186 Å². The molecule has 2 heterocycles. The van der Waals surface area contributed by atoms with E-state index in [9.17, 15) is 15.0 Å². The molecule has 6 nitrogen and oxygen atoms in total. The molecule has 0 saturated heterocycles. The highest BCUT2D eigenvalue weighted by atomic mass is 16.5. The van der Waals surface area contributed by atoms with Crippen molar-refractivity contribution >= 4 is 11.0 Å². The molecule has 3 aromatic rings. The quantitative estimate of drug-likeness (QED) is 0.561. The van der Waals surface area contributed by atoms with Gasteiger partial charge in [0.15, 0.2) is 0 Å². The van der Waals surface area contributed by atoms with Crippen molar-refractivity contribution < 1.29 is 24.1 Å². The summed E-state index contributed by atoms with van der Waals surface area (Å²) in [5, 5.41) is 21.9. The van der Waals surface area contributed by atoms with Crippen LogP contribution in [0.3, 0.4) is 0 Å². The number of hydrogen-bond acceptors (Lipinski definition) is 6. The summed E-state index contributed by atoms with van der Waals surface area (Å²) in [7, 11) is 1.58.